The van der Waals surface area contributed by atoms with Gasteiger partial charge in [0, 0.05) is 9.37 Å². The van der Waals surface area contributed by atoms with Crippen LogP contribution < -0.4 is 4.72 Å². The summed E-state index contributed by atoms with van der Waals surface area (Å²) in [6.07, 6.45) is 1.47. The minimum absolute atomic E-state index is 0.245. The molecular weight excluding hydrogens is 290 g/mol. The number of halogens is 1. The Morgan fingerprint density at radius 1 is 1.25 bits per heavy atom. The molecule has 1 N–H and O–H groups in total. The third-order valence-corrected chi connectivity index (χ3v) is 3.65. The van der Waals surface area contributed by atoms with E-state index >= 15 is 0 Å². The predicted octanol–water partition coefficient (Wildman–Crippen LogP) is 3.48. The molecule has 1 aromatic heterocycles. The van der Waals surface area contributed by atoms with Crippen molar-refractivity contribution in [2.45, 2.75) is 4.90 Å². The minimum Gasteiger partial charge on any atom is -0.459 e. The van der Waals surface area contributed by atoms with E-state index in [-0.39, 0.29) is 5.91 Å². The summed E-state index contributed by atoms with van der Waals surface area (Å²) in [4.78, 5) is 12.5. The molecule has 0 spiro atoms. The van der Waals surface area contributed by atoms with Crippen LogP contribution in [0.3, 0.4) is 0 Å². The van der Waals surface area contributed by atoms with Gasteiger partial charge in [0.1, 0.15) is 0 Å². The lowest BCUT2D eigenvalue weighted by atomic mass is 10.4. The van der Waals surface area contributed by atoms with E-state index in [0.717, 1.165) is 9.37 Å². The molecule has 1 amide bonds. The zero-order valence-corrected chi connectivity index (χ0v) is 10.5. The summed E-state index contributed by atoms with van der Waals surface area (Å²) in [6.45, 7) is 0. The molecule has 0 atom stereocenters. The lowest BCUT2D eigenvalue weighted by Crippen LogP contribution is -2.14. The van der Waals surface area contributed by atoms with Crippen molar-refractivity contribution in [3.63, 3.8) is 0 Å². The molecular formula is C11H8BrNO2S. The zero-order valence-electron chi connectivity index (χ0n) is 8.14. The van der Waals surface area contributed by atoms with E-state index in [1.807, 2.05) is 24.3 Å². The van der Waals surface area contributed by atoms with Crippen molar-refractivity contribution in [1.82, 2.24) is 4.72 Å². The van der Waals surface area contributed by atoms with Crippen molar-refractivity contribution < 1.29 is 9.21 Å². The van der Waals surface area contributed by atoms with Crippen LogP contribution in [0, 0.1) is 0 Å². The molecule has 0 aliphatic heterocycles. The SMILES string of the molecule is O=C(NSc1ccccc1Br)c1ccco1. The van der Waals surface area contributed by atoms with Gasteiger partial charge in [0.25, 0.3) is 5.91 Å². The van der Waals surface area contributed by atoms with Crippen LogP contribution >= 0.6 is 27.9 Å². The van der Waals surface area contributed by atoms with Crippen LogP contribution in [0.5, 0.6) is 0 Å². The second kappa shape index (κ2) is 5.23. The standard InChI is InChI=1S/C11H8BrNO2S/c12-8-4-1-2-6-10(8)16-13-11(14)9-5-3-7-15-9/h1-7H,(H,13,14). The summed E-state index contributed by atoms with van der Waals surface area (Å²) in [5.41, 5.74) is 0. The van der Waals surface area contributed by atoms with Crippen molar-refractivity contribution in [3.05, 3.63) is 52.9 Å². The topological polar surface area (TPSA) is 42.2 Å². The van der Waals surface area contributed by atoms with Crippen LogP contribution in [0.25, 0.3) is 0 Å². The van der Waals surface area contributed by atoms with Gasteiger partial charge in [0.05, 0.1) is 6.26 Å². The Morgan fingerprint density at radius 3 is 2.75 bits per heavy atom. The second-order valence-corrected chi connectivity index (χ2v) is 4.64. The van der Waals surface area contributed by atoms with E-state index in [1.165, 1.54) is 18.2 Å². The Hall–Kier alpha value is -1.20. The molecule has 1 heterocycles. The third kappa shape index (κ3) is 2.68. The van der Waals surface area contributed by atoms with Crippen molar-refractivity contribution in [2.24, 2.45) is 0 Å². The van der Waals surface area contributed by atoms with Crippen LogP contribution in [0.1, 0.15) is 10.6 Å². The van der Waals surface area contributed by atoms with Gasteiger partial charge in [-0.25, -0.2) is 0 Å². The van der Waals surface area contributed by atoms with E-state index < -0.39 is 0 Å². The highest BCUT2D eigenvalue weighted by Gasteiger charge is 2.09. The van der Waals surface area contributed by atoms with Crippen LogP contribution in [-0.4, -0.2) is 5.91 Å². The zero-order chi connectivity index (χ0) is 11.4. The summed E-state index contributed by atoms with van der Waals surface area (Å²) in [7, 11) is 0. The van der Waals surface area contributed by atoms with Gasteiger partial charge in [-0.2, -0.15) is 0 Å². The molecule has 0 saturated heterocycles. The number of carbonyl (C=O) groups excluding carboxylic acids is 1. The van der Waals surface area contributed by atoms with E-state index in [2.05, 4.69) is 20.7 Å². The smallest absolute Gasteiger partial charge is 0.297 e. The van der Waals surface area contributed by atoms with Gasteiger partial charge in [0.2, 0.25) is 0 Å². The fourth-order valence-corrected chi connectivity index (χ4v) is 2.23. The van der Waals surface area contributed by atoms with Crippen molar-refractivity contribution >= 4 is 33.8 Å². The molecule has 1 aromatic carbocycles. The Kier molecular flexibility index (Phi) is 3.69. The second-order valence-electron chi connectivity index (χ2n) is 2.94. The fourth-order valence-electron chi connectivity index (χ4n) is 1.09. The maximum Gasteiger partial charge on any atom is 0.297 e. The first-order valence-electron chi connectivity index (χ1n) is 4.52. The van der Waals surface area contributed by atoms with E-state index in [4.69, 9.17) is 4.42 Å². The summed E-state index contributed by atoms with van der Waals surface area (Å²) in [6, 6.07) is 11.0. The number of hydrogen-bond acceptors (Lipinski definition) is 3. The average molecular weight is 298 g/mol. The third-order valence-electron chi connectivity index (χ3n) is 1.84. The number of benzene rings is 1. The van der Waals surface area contributed by atoms with Gasteiger partial charge in [-0.3, -0.25) is 9.52 Å². The normalized spacial score (nSPS) is 10.1. The largest absolute Gasteiger partial charge is 0.459 e. The van der Waals surface area contributed by atoms with Gasteiger partial charge < -0.3 is 4.42 Å². The highest BCUT2D eigenvalue weighted by Crippen LogP contribution is 2.24. The molecule has 5 heteroatoms. The Bertz CT molecular complexity index is 484. The molecule has 0 aliphatic rings. The lowest BCUT2D eigenvalue weighted by Gasteiger charge is -2.03. The van der Waals surface area contributed by atoms with E-state index in [0.29, 0.717) is 5.76 Å². The summed E-state index contributed by atoms with van der Waals surface area (Å²) in [5, 5.41) is 0. The number of amides is 1. The molecule has 0 radical (unpaired) electrons. The molecule has 2 aromatic rings. The quantitative estimate of drug-likeness (QED) is 0.882. The van der Waals surface area contributed by atoms with Crippen LogP contribution in [-0.2, 0) is 0 Å². The van der Waals surface area contributed by atoms with Gasteiger partial charge in [-0.1, -0.05) is 12.1 Å². The van der Waals surface area contributed by atoms with Crippen molar-refractivity contribution in [3.8, 4) is 0 Å². The van der Waals surface area contributed by atoms with Crippen molar-refractivity contribution in [2.75, 3.05) is 0 Å². The molecule has 0 fully saturated rings. The Morgan fingerprint density at radius 2 is 2.06 bits per heavy atom. The van der Waals surface area contributed by atoms with Crippen LogP contribution in [0.15, 0.2) is 56.4 Å². The molecule has 3 nitrogen and oxygen atoms in total. The monoisotopic (exact) mass is 297 g/mol. The molecule has 0 saturated carbocycles. The van der Waals surface area contributed by atoms with Crippen LogP contribution in [0.2, 0.25) is 0 Å². The van der Waals surface area contributed by atoms with Gasteiger partial charge in [0.15, 0.2) is 5.76 Å². The Balaban J connectivity index is 1.98. The number of nitrogens with one attached hydrogen (secondary N) is 1. The van der Waals surface area contributed by atoms with E-state index in [1.54, 1.807) is 12.1 Å². The summed E-state index contributed by atoms with van der Waals surface area (Å²) < 4.78 is 8.62. The van der Waals surface area contributed by atoms with Gasteiger partial charge in [-0.15, -0.1) is 0 Å². The highest BCUT2D eigenvalue weighted by molar-refractivity contribution is 9.10. The molecule has 0 unspecified atom stereocenters. The highest BCUT2D eigenvalue weighted by atomic mass is 79.9. The summed E-state index contributed by atoms with van der Waals surface area (Å²) >= 11 is 4.65. The Labute approximate surface area is 105 Å². The molecule has 16 heavy (non-hydrogen) atoms. The minimum atomic E-state index is -0.245. The van der Waals surface area contributed by atoms with E-state index in [9.17, 15) is 4.79 Å². The van der Waals surface area contributed by atoms with Gasteiger partial charge >= 0.3 is 0 Å². The first-order chi connectivity index (χ1) is 7.77. The molecule has 2 rings (SSSR count). The van der Waals surface area contributed by atoms with Gasteiger partial charge in [-0.05, 0) is 52.1 Å². The first-order valence-corrected chi connectivity index (χ1v) is 6.13. The molecule has 82 valence electrons. The van der Waals surface area contributed by atoms with Crippen molar-refractivity contribution in [1.29, 1.82) is 0 Å². The number of rotatable bonds is 3. The van der Waals surface area contributed by atoms with Crippen LogP contribution in [0.4, 0.5) is 0 Å². The average Bonchev–Trinajstić information content (AvgIpc) is 2.81. The number of hydrogen-bond donors (Lipinski definition) is 1. The fraction of sp³-hybridized carbons (Fsp3) is 0. The first kappa shape index (κ1) is 11.3. The molecule has 0 aliphatic carbocycles. The maximum absolute atomic E-state index is 11.5. The molecule has 0 bridgehead atoms. The number of carbonyl (C=O) groups is 1. The maximum atomic E-state index is 11.5. The summed E-state index contributed by atoms with van der Waals surface area (Å²) in [5.74, 6) is 0.0605. The predicted molar refractivity (Wildman–Crippen MR) is 66.2 cm³/mol. The number of furan rings is 1. The lowest BCUT2D eigenvalue weighted by molar-refractivity contribution is 0.0957.